The Hall–Kier alpha value is -0.420. The van der Waals surface area contributed by atoms with Gasteiger partial charge < -0.3 is 5.32 Å². The minimum absolute atomic E-state index is 0.456. The largest absolute Gasteiger partial charge is 0.373 e. The van der Waals surface area contributed by atoms with Gasteiger partial charge in [0.05, 0.1) is 5.25 Å². The van der Waals surface area contributed by atoms with E-state index in [1.165, 1.54) is 17.9 Å². The van der Waals surface area contributed by atoms with Crippen molar-refractivity contribution >= 4 is 29.3 Å². The zero-order valence-electron chi connectivity index (χ0n) is 9.64. The van der Waals surface area contributed by atoms with Gasteiger partial charge in [-0.15, -0.1) is 11.8 Å². The summed E-state index contributed by atoms with van der Waals surface area (Å²) < 4.78 is 0. The summed E-state index contributed by atoms with van der Waals surface area (Å²) >= 11 is 4.05. The molecule has 1 N–H and O–H groups in total. The molecule has 1 saturated heterocycles. The summed E-state index contributed by atoms with van der Waals surface area (Å²) in [5, 5.41) is 4.19. The molecule has 0 bridgehead atoms. The summed E-state index contributed by atoms with van der Waals surface area (Å²) in [7, 11) is 1.90. The molecule has 2 atom stereocenters. The van der Waals surface area contributed by atoms with Gasteiger partial charge in [0.25, 0.3) is 0 Å². The molecule has 0 aliphatic carbocycles. The van der Waals surface area contributed by atoms with Crippen LogP contribution in [0.2, 0.25) is 0 Å². The topological polar surface area (TPSA) is 37.8 Å². The third-order valence-electron chi connectivity index (χ3n) is 2.64. The molecule has 0 spiro atoms. The van der Waals surface area contributed by atoms with Crippen LogP contribution in [0.15, 0.2) is 12.3 Å². The monoisotopic (exact) mass is 255 g/mol. The van der Waals surface area contributed by atoms with E-state index in [1.807, 2.05) is 31.1 Å². The van der Waals surface area contributed by atoms with Crippen LogP contribution in [0, 0.1) is 0 Å². The molecule has 0 saturated carbocycles. The number of rotatable bonds is 3. The van der Waals surface area contributed by atoms with Crippen molar-refractivity contribution in [2.45, 2.75) is 23.8 Å². The van der Waals surface area contributed by atoms with Crippen molar-refractivity contribution in [1.82, 2.24) is 9.97 Å². The van der Waals surface area contributed by atoms with Gasteiger partial charge in [0, 0.05) is 30.0 Å². The van der Waals surface area contributed by atoms with Crippen LogP contribution < -0.4 is 5.32 Å². The highest BCUT2D eigenvalue weighted by atomic mass is 32.2. The number of thioether (sulfide) groups is 2. The SMILES string of the molecule is CCC1SCCSC1c1nccc(NC)n1. The zero-order valence-corrected chi connectivity index (χ0v) is 11.3. The van der Waals surface area contributed by atoms with Gasteiger partial charge in [0.15, 0.2) is 0 Å². The van der Waals surface area contributed by atoms with Crippen molar-refractivity contribution in [1.29, 1.82) is 0 Å². The van der Waals surface area contributed by atoms with Crippen molar-refractivity contribution < 1.29 is 0 Å². The van der Waals surface area contributed by atoms with Crippen LogP contribution in [0.3, 0.4) is 0 Å². The fourth-order valence-corrected chi connectivity index (χ4v) is 4.79. The van der Waals surface area contributed by atoms with Crippen LogP contribution >= 0.6 is 23.5 Å². The summed E-state index contributed by atoms with van der Waals surface area (Å²) in [5.74, 6) is 4.36. The summed E-state index contributed by atoms with van der Waals surface area (Å²) in [5.41, 5.74) is 0. The van der Waals surface area contributed by atoms with Gasteiger partial charge in [-0.3, -0.25) is 0 Å². The first-order valence-electron chi connectivity index (χ1n) is 5.59. The van der Waals surface area contributed by atoms with Crippen molar-refractivity contribution in [3.63, 3.8) is 0 Å². The van der Waals surface area contributed by atoms with Crippen molar-refractivity contribution in [3.05, 3.63) is 18.1 Å². The fraction of sp³-hybridized carbons (Fsp3) is 0.636. The van der Waals surface area contributed by atoms with E-state index in [0.717, 1.165) is 11.6 Å². The first-order valence-corrected chi connectivity index (χ1v) is 7.68. The Morgan fingerprint density at radius 3 is 3.00 bits per heavy atom. The number of hydrogen-bond acceptors (Lipinski definition) is 5. The Labute approximate surface area is 105 Å². The van der Waals surface area contributed by atoms with Gasteiger partial charge in [-0.1, -0.05) is 6.92 Å². The maximum atomic E-state index is 4.56. The van der Waals surface area contributed by atoms with Crippen LogP contribution in [-0.4, -0.2) is 33.8 Å². The second kappa shape index (κ2) is 5.77. The lowest BCUT2D eigenvalue weighted by atomic mass is 10.2. The van der Waals surface area contributed by atoms with Gasteiger partial charge in [0.2, 0.25) is 0 Å². The first-order chi connectivity index (χ1) is 7.85. The lowest BCUT2D eigenvalue weighted by molar-refractivity contribution is 0.750. The summed E-state index contributed by atoms with van der Waals surface area (Å²) in [6.45, 7) is 2.25. The Balaban J connectivity index is 2.20. The maximum Gasteiger partial charge on any atom is 0.144 e. The number of nitrogens with zero attached hydrogens (tertiary/aromatic N) is 2. The number of aromatic nitrogens is 2. The maximum absolute atomic E-state index is 4.56. The van der Waals surface area contributed by atoms with E-state index in [0.29, 0.717) is 10.5 Å². The molecule has 2 rings (SSSR count). The third kappa shape index (κ3) is 2.63. The average Bonchev–Trinajstić information content (AvgIpc) is 2.38. The van der Waals surface area contributed by atoms with E-state index in [4.69, 9.17) is 0 Å². The molecule has 1 aliphatic rings. The number of nitrogens with one attached hydrogen (secondary N) is 1. The van der Waals surface area contributed by atoms with Gasteiger partial charge in [-0.2, -0.15) is 11.8 Å². The Bertz CT molecular complexity index is 346. The lowest BCUT2D eigenvalue weighted by Crippen LogP contribution is -2.20. The molecule has 0 amide bonds. The summed E-state index contributed by atoms with van der Waals surface area (Å²) in [4.78, 5) is 8.98. The van der Waals surface area contributed by atoms with Crippen molar-refractivity contribution in [2.75, 3.05) is 23.9 Å². The second-order valence-corrected chi connectivity index (χ2v) is 6.26. The minimum Gasteiger partial charge on any atom is -0.373 e. The molecule has 0 aromatic carbocycles. The molecule has 0 radical (unpaired) electrons. The molecule has 1 fully saturated rings. The molecule has 16 heavy (non-hydrogen) atoms. The highest BCUT2D eigenvalue weighted by Crippen LogP contribution is 2.42. The van der Waals surface area contributed by atoms with E-state index < -0.39 is 0 Å². The Kier molecular flexibility index (Phi) is 4.35. The Morgan fingerprint density at radius 2 is 2.25 bits per heavy atom. The van der Waals surface area contributed by atoms with Crippen LogP contribution in [0.25, 0.3) is 0 Å². The molecule has 5 heteroatoms. The smallest absolute Gasteiger partial charge is 0.144 e. The predicted molar refractivity (Wildman–Crippen MR) is 73.3 cm³/mol. The lowest BCUT2D eigenvalue weighted by Gasteiger charge is -2.28. The minimum atomic E-state index is 0.456. The molecule has 3 nitrogen and oxygen atoms in total. The third-order valence-corrected chi connectivity index (χ3v) is 5.88. The molecule has 2 heterocycles. The summed E-state index contributed by atoms with van der Waals surface area (Å²) in [6, 6.07) is 1.91. The summed E-state index contributed by atoms with van der Waals surface area (Å²) in [6.07, 6.45) is 3.04. The first kappa shape index (κ1) is 12.0. The highest BCUT2D eigenvalue weighted by molar-refractivity contribution is 8.06. The number of anilines is 1. The van der Waals surface area contributed by atoms with Crippen LogP contribution in [0.5, 0.6) is 0 Å². The van der Waals surface area contributed by atoms with Crippen LogP contribution in [-0.2, 0) is 0 Å². The quantitative estimate of drug-likeness (QED) is 0.899. The van der Waals surface area contributed by atoms with Crippen LogP contribution in [0.4, 0.5) is 5.82 Å². The van der Waals surface area contributed by atoms with E-state index in [-0.39, 0.29) is 0 Å². The predicted octanol–water partition coefficient (Wildman–Crippen LogP) is 2.82. The molecule has 1 aromatic rings. The molecule has 88 valence electrons. The van der Waals surface area contributed by atoms with Crippen molar-refractivity contribution in [2.24, 2.45) is 0 Å². The van der Waals surface area contributed by atoms with Crippen LogP contribution in [0.1, 0.15) is 24.4 Å². The molecule has 1 aromatic heterocycles. The molecular weight excluding hydrogens is 238 g/mol. The van der Waals surface area contributed by atoms with Gasteiger partial charge in [-0.05, 0) is 12.5 Å². The van der Waals surface area contributed by atoms with Gasteiger partial charge in [-0.25, -0.2) is 9.97 Å². The molecule has 1 aliphatic heterocycles. The standard InChI is InChI=1S/C11H17N3S2/c1-3-8-10(16-7-6-15-8)11-13-5-4-9(12-2)14-11/h4-5,8,10H,3,6-7H2,1-2H3,(H,12,13,14). The fourth-order valence-electron chi connectivity index (χ4n) is 1.79. The number of hydrogen-bond donors (Lipinski definition) is 1. The van der Waals surface area contributed by atoms with Gasteiger partial charge >= 0.3 is 0 Å². The average molecular weight is 255 g/mol. The second-order valence-electron chi connectivity index (χ2n) is 3.66. The highest BCUT2D eigenvalue weighted by Gasteiger charge is 2.28. The molecule has 2 unspecified atom stereocenters. The van der Waals surface area contributed by atoms with E-state index in [2.05, 4.69) is 34.0 Å². The van der Waals surface area contributed by atoms with Gasteiger partial charge in [0.1, 0.15) is 11.6 Å². The molecular formula is C11H17N3S2. The normalized spacial score (nSPS) is 25.4. The van der Waals surface area contributed by atoms with E-state index >= 15 is 0 Å². The van der Waals surface area contributed by atoms with E-state index in [9.17, 15) is 0 Å². The zero-order chi connectivity index (χ0) is 11.4. The van der Waals surface area contributed by atoms with Crippen molar-refractivity contribution in [3.8, 4) is 0 Å². The van der Waals surface area contributed by atoms with E-state index in [1.54, 1.807) is 0 Å². The Morgan fingerprint density at radius 1 is 1.44 bits per heavy atom.